The monoisotopic (exact) mass is 352 g/mol. The lowest BCUT2D eigenvalue weighted by Gasteiger charge is -2.16. The molecule has 5 nitrogen and oxygen atoms in total. The molecule has 2 amide bonds. The number of rotatable bonds is 5. The maximum absolute atomic E-state index is 12.4. The minimum Gasteiger partial charge on any atom is -0.508 e. The number of hydrogen-bond acceptors (Lipinski definition) is 3. The summed E-state index contributed by atoms with van der Waals surface area (Å²) in [7, 11) is 0. The Balaban J connectivity index is 1.57. The van der Waals surface area contributed by atoms with Crippen LogP contribution in [0.2, 0.25) is 0 Å². The molecule has 1 heterocycles. The number of amides is 2. The normalized spacial score (nSPS) is 17.0. The lowest BCUT2D eigenvalue weighted by Crippen LogP contribution is -2.32. The van der Waals surface area contributed by atoms with Gasteiger partial charge in [0.2, 0.25) is 11.8 Å². The Morgan fingerprint density at radius 3 is 2.42 bits per heavy atom. The van der Waals surface area contributed by atoms with Gasteiger partial charge in [-0.15, -0.1) is 0 Å². The van der Waals surface area contributed by atoms with Crippen LogP contribution < -0.4 is 10.2 Å². The van der Waals surface area contributed by atoms with Crippen molar-refractivity contribution >= 4 is 17.5 Å². The Morgan fingerprint density at radius 1 is 1.15 bits per heavy atom. The molecule has 1 unspecified atom stereocenters. The number of aromatic hydroxyl groups is 1. The summed E-state index contributed by atoms with van der Waals surface area (Å²) in [6, 6.07) is 14.7. The number of nitrogens with zero attached hydrogens (tertiary/aromatic N) is 1. The lowest BCUT2D eigenvalue weighted by molar-refractivity contribution is -0.126. The van der Waals surface area contributed by atoms with E-state index in [-0.39, 0.29) is 29.9 Å². The quantitative estimate of drug-likeness (QED) is 0.868. The van der Waals surface area contributed by atoms with Gasteiger partial charge in [0.15, 0.2) is 0 Å². The van der Waals surface area contributed by atoms with E-state index < -0.39 is 0 Å². The van der Waals surface area contributed by atoms with Gasteiger partial charge in [0, 0.05) is 25.2 Å². The van der Waals surface area contributed by atoms with E-state index in [2.05, 4.69) is 31.3 Å². The molecule has 1 atom stereocenters. The third-order valence-electron chi connectivity index (χ3n) is 4.77. The van der Waals surface area contributed by atoms with E-state index in [1.54, 1.807) is 17.0 Å². The van der Waals surface area contributed by atoms with E-state index in [1.165, 1.54) is 17.7 Å². The minimum atomic E-state index is -0.355. The van der Waals surface area contributed by atoms with Crippen molar-refractivity contribution in [2.45, 2.75) is 32.7 Å². The number of anilines is 1. The fraction of sp³-hybridized carbons (Fsp3) is 0.333. The van der Waals surface area contributed by atoms with Crippen molar-refractivity contribution in [1.82, 2.24) is 5.32 Å². The van der Waals surface area contributed by atoms with E-state index in [1.807, 2.05) is 12.1 Å². The second-order valence-electron chi connectivity index (χ2n) is 7.04. The summed E-state index contributed by atoms with van der Waals surface area (Å²) in [6.07, 6.45) is 0.207. The molecule has 0 aliphatic carbocycles. The molecule has 2 N–H and O–H groups in total. The highest BCUT2D eigenvalue weighted by molar-refractivity contribution is 6.00. The van der Waals surface area contributed by atoms with Gasteiger partial charge in [-0.2, -0.15) is 0 Å². The first kappa shape index (κ1) is 18.0. The zero-order chi connectivity index (χ0) is 18.7. The number of hydrogen-bond donors (Lipinski definition) is 2. The molecule has 0 radical (unpaired) electrons. The van der Waals surface area contributed by atoms with Crippen molar-refractivity contribution in [1.29, 1.82) is 0 Å². The third-order valence-corrected chi connectivity index (χ3v) is 4.77. The van der Waals surface area contributed by atoms with Gasteiger partial charge in [0.1, 0.15) is 5.75 Å². The Bertz CT molecular complexity index is 782. The summed E-state index contributed by atoms with van der Waals surface area (Å²) in [4.78, 5) is 26.3. The zero-order valence-electron chi connectivity index (χ0n) is 15.1. The van der Waals surface area contributed by atoms with Crippen molar-refractivity contribution < 1.29 is 14.7 Å². The summed E-state index contributed by atoms with van der Waals surface area (Å²) in [5.41, 5.74) is 3.01. The largest absolute Gasteiger partial charge is 0.508 e. The Labute approximate surface area is 153 Å². The van der Waals surface area contributed by atoms with Crippen molar-refractivity contribution in [2.24, 2.45) is 5.92 Å². The second-order valence-corrected chi connectivity index (χ2v) is 7.04. The van der Waals surface area contributed by atoms with Gasteiger partial charge in [-0.3, -0.25) is 9.59 Å². The number of nitrogens with one attached hydrogen (secondary N) is 1. The van der Waals surface area contributed by atoms with Crippen LogP contribution in [0.25, 0.3) is 0 Å². The van der Waals surface area contributed by atoms with Crippen LogP contribution in [-0.4, -0.2) is 23.5 Å². The Kier molecular flexibility index (Phi) is 5.26. The molecular weight excluding hydrogens is 328 g/mol. The number of carbonyl (C=O) groups is 2. The first-order valence-electron chi connectivity index (χ1n) is 8.90. The summed E-state index contributed by atoms with van der Waals surface area (Å²) >= 11 is 0. The molecule has 1 aliphatic rings. The first-order valence-corrected chi connectivity index (χ1v) is 8.90. The molecule has 1 saturated heterocycles. The van der Waals surface area contributed by atoms with Gasteiger partial charge in [-0.25, -0.2) is 0 Å². The molecule has 0 bridgehead atoms. The summed E-state index contributed by atoms with van der Waals surface area (Å²) in [6.45, 7) is 5.12. The molecule has 0 aromatic heterocycles. The minimum absolute atomic E-state index is 0.0721. The highest BCUT2D eigenvalue weighted by Gasteiger charge is 2.34. The molecule has 0 saturated carbocycles. The van der Waals surface area contributed by atoms with Crippen molar-refractivity contribution in [3.63, 3.8) is 0 Å². The number of carbonyl (C=O) groups excluding carboxylic acids is 2. The molecular formula is C21H24N2O3. The fourth-order valence-corrected chi connectivity index (χ4v) is 3.12. The predicted octanol–water partition coefficient (Wildman–Crippen LogP) is 3.18. The third kappa shape index (κ3) is 4.04. The summed E-state index contributed by atoms with van der Waals surface area (Å²) < 4.78 is 0. The number of benzene rings is 2. The number of phenolic OH excluding ortho intramolecular Hbond substituents is 1. The van der Waals surface area contributed by atoms with Crippen LogP contribution in [0.1, 0.15) is 37.3 Å². The molecule has 2 aromatic carbocycles. The van der Waals surface area contributed by atoms with E-state index in [0.717, 1.165) is 5.56 Å². The van der Waals surface area contributed by atoms with Gasteiger partial charge in [-0.05, 0) is 41.3 Å². The topological polar surface area (TPSA) is 69.6 Å². The molecule has 26 heavy (non-hydrogen) atoms. The van der Waals surface area contributed by atoms with Gasteiger partial charge >= 0.3 is 0 Å². The van der Waals surface area contributed by atoms with Crippen LogP contribution in [0, 0.1) is 5.92 Å². The Morgan fingerprint density at radius 2 is 1.81 bits per heavy atom. The van der Waals surface area contributed by atoms with E-state index >= 15 is 0 Å². The van der Waals surface area contributed by atoms with Gasteiger partial charge in [0.25, 0.3) is 0 Å². The first-order chi connectivity index (χ1) is 12.4. The summed E-state index contributed by atoms with van der Waals surface area (Å²) in [5.74, 6) is 0.100. The fourth-order valence-electron chi connectivity index (χ4n) is 3.12. The zero-order valence-corrected chi connectivity index (χ0v) is 15.1. The molecule has 1 aliphatic heterocycles. The average molecular weight is 352 g/mol. The lowest BCUT2D eigenvalue weighted by atomic mass is 10.0. The summed E-state index contributed by atoms with van der Waals surface area (Å²) in [5, 5.41) is 12.3. The van der Waals surface area contributed by atoms with Crippen molar-refractivity contribution in [2.75, 3.05) is 11.4 Å². The second kappa shape index (κ2) is 7.60. The van der Waals surface area contributed by atoms with Crippen LogP contribution in [0.15, 0.2) is 48.5 Å². The SMILES string of the molecule is CC(C)c1ccc(CNC(=O)C2CC(=O)N(c3ccc(O)cc3)C2)cc1. The van der Waals surface area contributed by atoms with Crippen LogP contribution in [0.3, 0.4) is 0 Å². The van der Waals surface area contributed by atoms with E-state index in [4.69, 9.17) is 0 Å². The van der Waals surface area contributed by atoms with Crippen LogP contribution in [-0.2, 0) is 16.1 Å². The van der Waals surface area contributed by atoms with Gasteiger partial charge in [0.05, 0.1) is 5.92 Å². The van der Waals surface area contributed by atoms with Crippen LogP contribution in [0.4, 0.5) is 5.69 Å². The molecule has 0 spiro atoms. The van der Waals surface area contributed by atoms with Gasteiger partial charge < -0.3 is 15.3 Å². The van der Waals surface area contributed by atoms with Crippen molar-refractivity contribution in [3.05, 3.63) is 59.7 Å². The highest BCUT2D eigenvalue weighted by atomic mass is 16.3. The van der Waals surface area contributed by atoms with Crippen LogP contribution in [0.5, 0.6) is 5.75 Å². The molecule has 1 fully saturated rings. The molecule has 136 valence electrons. The average Bonchev–Trinajstić information content (AvgIpc) is 3.02. The maximum Gasteiger partial charge on any atom is 0.227 e. The van der Waals surface area contributed by atoms with E-state index in [9.17, 15) is 14.7 Å². The predicted molar refractivity (Wildman–Crippen MR) is 101 cm³/mol. The molecule has 2 aromatic rings. The smallest absolute Gasteiger partial charge is 0.227 e. The molecule has 3 rings (SSSR count). The van der Waals surface area contributed by atoms with Gasteiger partial charge in [-0.1, -0.05) is 38.1 Å². The van der Waals surface area contributed by atoms with E-state index in [0.29, 0.717) is 24.7 Å². The molecule has 5 heteroatoms. The standard InChI is InChI=1S/C21H24N2O3/c1-14(2)16-5-3-15(4-6-16)12-22-21(26)17-11-20(25)23(13-17)18-7-9-19(24)10-8-18/h3-10,14,17,24H,11-13H2,1-2H3,(H,22,26). The Hall–Kier alpha value is -2.82. The maximum atomic E-state index is 12.4. The number of phenols is 1. The highest BCUT2D eigenvalue weighted by Crippen LogP contribution is 2.26. The van der Waals surface area contributed by atoms with Crippen LogP contribution >= 0.6 is 0 Å². The van der Waals surface area contributed by atoms with Crippen molar-refractivity contribution in [3.8, 4) is 5.75 Å².